The smallest absolute Gasteiger partial charge is 0.253 e. The van der Waals surface area contributed by atoms with Gasteiger partial charge in [0.05, 0.1) is 0 Å². The maximum atomic E-state index is 12.2. The van der Waals surface area contributed by atoms with Crippen molar-refractivity contribution in [1.82, 2.24) is 4.90 Å². The standard InChI is InChI=1S/C12H16BrN3O2/c1-8-9(4-3-5-10(8)13)12(17)16(2)7-6-11(14)15-18/h3-5,18H,6-7H2,1-2H3,(H2,14,15). The first-order chi connectivity index (χ1) is 8.47. The van der Waals surface area contributed by atoms with Gasteiger partial charge in [-0.2, -0.15) is 0 Å². The predicted octanol–water partition coefficient (Wildman–Crippen LogP) is 1.97. The molecule has 0 aromatic heterocycles. The van der Waals surface area contributed by atoms with E-state index in [2.05, 4.69) is 21.1 Å². The van der Waals surface area contributed by atoms with Crippen molar-refractivity contribution in [3.8, 4) is 0 Å². The molecule has 6 heteroatoms. The quantitative estimate of drug-likeness (QED) is 0.386. The van der Waals surface area contributed by atoms with Crippen molar-refractivity contribution in [3.63, 3.8) is 0 Å². The second-order valence-corrected chi connectivity index (χ2v) is 4.83. The van der Waals surface area contributed by atoms with Crippen LogP contribution in [0.15, 0.2) is 27.8 Å². The lowest BCUT2D eigenvalue weighted by atomic mass is 10.1. The van der Waals surface area contributed by atoms with Gasteiger partial charge in [-0.1, -0.05) is 27.2 Å². The zero-order chi connectivity index (χ0) is 13.7. The van der Waals surface area contributed by atoms with Gasteiger partial charge in [0.15, 0.2) is 0 Å². The summed E-state index contributed by atoms with van der Waals surface area (Å²) in [5, 5.41) is 11.3. The third-order valence-corrected chi connectivity index (χ3v) is 3.54. The van der Waals surface area contributed by atoms with Crippen molar-refractivity contribution in [3.05, 3.63) is 33.8 Å². The van der Waals surface area contributed by atoms with Crippen LogP contribution in [0.2, 0.25) is 0 Å². The average molecular weight is 314 g/mol. The van der Waals surface area contributed by atoms with Crippen molar-refractivity contribution in [2.45, 2.75) is 13.3 Å². The van der Waals surface area contributed by atoms with Crippen LogP contribution in [0.4, 0.5) is 0 Å². The van der Waals surface area contributed by atoms with Gasteiger partial charge in [0.1, 0.15) is 5.84 Å². The minimum absolute atomic E-state index is 0.0838. The first kappa shape index (κ1) is 14.5. The third-order valence-electron chi connectivity index (χ3n) is 2.68. The lowest BCUT2D eigenvalue weighted by molar-refractivity contribution is 0.0797. The Hall–Kier alpha value is -1.56. The molecule has 0 radical (unpaired) electrons. The van der Waals surface area contributed by atoms with Crippen LogP contribution in [0.25, 0.3) is 0 Å². The second kappa shape index (κ2) is 6.39. The van der Waals surface area contributed by atoms with E-state index in [9.17, 15) is 4.79 Å². The van der Waals surface area contributed by atoms with E-state index in [0.29, 0.717) is 18.5 Å². The summed E-state index contributed by atoms with van der Waals surface area (Å²) in [6.45, 7) is 2.29. The van der Waals surface area contributed by atoms with Crippen LogP contribution in [0, 0.1) is 6.92 Å². The zero-order valence-electron chi connectivity index (χ0n) is 10.4. The number of nitrogens with two attached hydrogens (primary N) is 1. The second-order valence-electron chi connectivity index (χ2n) is 3.98. The molecule has 0 saturated heterocycles. The maximum Gasteiger partial charge on any atom is 0.253 e. The van der Waals surface area contributed by atoms with Gasteiger partial charge in [0.25, 0.3) is 5.91 Å². The van der Waals surface area contributed by atoms with Crippen LogP contribution in [-0.2, 0) is 0 Å². The molecular formula is C12H16BrN3O2. The molecule has 3 N–H and O–H groups in total. The Bertz CT molecular complexity index is 474. The lowest BCUT2D eigenvalue weighted by Gasteiger charge is -2.18. The van der Waals surface area contributed by atoms with E-state index in [4.69, 9.17) is 10.9 Å². The Kier molecular flexibility index (Phi) is 5.15. The van der Waals surface area contributed by atoms with E-state index in [1.807, 2.05) is 19.1 Å². The highest BCUT2D eigenvalue weighted by atomic mass is 79.9. The molecule has 18 heavy (non-hydrogen) atoms. The van der Waals surface area contributed by atoms with Crippen LogP contribution in [-0.4, -0.2) is 35.4 Å². The molecule has 0 aliphatic heterocycles. The minimum Gasteiger partial charge on any atom is -0.409 e. The summed E-state index contributed by atoms with van der Waals surface area (Å²) in [7, 11) is 1.69. The van der Waals surface area contributed by atoms with Crippen molar-refractivity contribution in [1.29, 1.82) is 0 Å². The maximum absolute atomic E-state index is 12.2. The number of hydrogen-bond acceptors (Lipinski definition) is 3. The van der Waals surface area contributed by atoms with Crippen molar-refractivity contribution >= 4 is 27.7 Å². The van der Waals surface area contributed by atoms with E-state index in [1.54, 1.807) is 18.0 Å². The molecule has 0 heterocycles. The van der Waals surface area contributed by atoms with Crippen LogP contribution >= 0.6 is 15.9 Å². The van der Waals surface area contributed by atoms with Crippen LogP contribution in [0.3, 0.4) is 0 Å². The molecule has 0 unspecified atom stereocenters. The summed E-state index contributed by atoms with van der Waals surface area (Å²) in [6.07, 6.45) is 0.339. The molecule has 0 atom stereocenters. The van der Waals surface area contributed by atoms with Gasteiger partial charge in [-0.05, 0) is 24.6 Å². The molecule has 0 bridgehead atoms. The molecule has 0 fully saturated rings. The van der Waals surface area contributed by atoms with Crippen LogP contribution < -0.4 is 5.73 Å². The largest absolute Gasteiger partial charge is 0.409 e. The molecule has 0 aliphatic carbocycles. The summed E-state index contributed by atoms with van der Waals surface area (Å²) >= 11 is 3.39. The van der Waals surface area contributed by atoms with Gasteiger partial charge in [-0.3, -0.25) is 4.79 Å². The van der Waals surface area contributed by atoms with Crippen molar-refractivity contribution < 1.29 is 10.0 Å². The topological polar surface area (TPSA) is 78.9 Å². The summed E-state index contributed by atoms with van der Waals surface area (Å²) < 4.78 is 0.901. The van der Waals surface area contributed by atoms with Gasteiger partial charge in [-0.25, -0.2) is 0 Å². The predicted molar refractivity (Wildman–Crippen MR) is 73.9 cm³/mol. The average Bonchev–Trinajstić information content (AvgIpc) is 2.37. The number of hydrogen-bond donors (Lipinski definition) is 2. The highest BCUT2D eigenvalue weighted by molar-refractivity contribution is 9.10. The SMILES string of the molecule is Cc1c(Br)cccc1C(=O)N(C)CCC(N)=NO. The number of amidine groups is 1. The Morgan fingerprint density at radius 2 is 2.22 bits per heavy atom. The number of halogens is 1. The highest BCUT2D eigenvalue weighted by Gasteiger charge is 2.15. The zero-order valence-corrected chi connectivity index (χ0v) is 11.9. The fourth-order valence-electron chi connectivity index (χ4n) is 1.48. The number of carbonyl (C=O) groups is 1. The Morgan fingerprint density at radius 1 is 1.56 bits per heavy atom. The van der Waals surface area contributed by atoms with E-state index in [0.717, 1.165) is 10.0 Å². The fraction of sp³-hybridized carbons (Fsp3) is 0.333. The molecule has 0 aliphatic rings. The summed E-state index contributed by atoms with van der Waals surface area (Å²) in [5.74, 6) is 0.0279. The number of benzene rings is 1. The summed E-state index contributed by atoms with van der Waals surface area (Å²) in [5.41, 5.74) is 6.91. The van der Waals surface area contributed by atoms with Crippen LogP contribution in [0.1, 0.15) is 22.3 Å². The number of oxime groups is 1. The molecule has 98 valence electrons. The van der Waals surface area contributed by atoms with E-state index in [-0.39, 0.29) is 11.7 Å². The molecule has 1 aromatic carbocycles. The molecule has 0 saturated carbocycles. The first-order valence-corrected chi connectivity index (χ1v) is 6.23. The van der Waals surface area contributed by atoms with Crippen LogP contribution in [0.5, 0.6) is 0 Å². The molecule has 0 spiro atoms. The van der Waals surface area contributed by atoms with Crippen molar-refractivity contribution in [2.24, 2.45) is 10.9 Å². The molecule has 1 rings (SSSR count). The number of carbonyl (C=O) groups excluding carboxylic acids is 1. The van der Waals surface area contributed by atoms with E-state index < -0.39 is 0 Å². The summed E-state index contributed by atoms with van der Waals surface area (Å²) in [4.78, 5) is 13.7. The molecule has 1 aromatic rings. The monoisotopic (exact) mass is 313 g/mol. The van der Waals surface area contributed by atoms with E-state index >= 15 is 0 Å². The molecule has 1 amide bonds. The third kappa shape index (κ3) is 3.46. The molecular weight excluding hydrogens is 298 g/mol. The van der Waals surface area contributed by atoms with Gasteiger partial charge in [0, 0.05) is 30.0 Å². The van der Waals surface area contributed by atoms with Gasteiger partial charge >= 0.3 is 0 Å². The van der Waals surface area contributed by atoms with Crippen molar-refractivity contribution in [2.75, 3.05) is 13.6 Å². The molecule has 5 nitrogen and oxygen atoms in total. The number of rotatable bonds is 4. The Labute approximate surface area is 114 Å². The van der Waals surface area contributed by atoms with Gasteiger partial charge < -0.3 is 15.8 Å². The Balaban J connectivity index is 2.78. The first-order valence-electron chi connectivity index (χ1n) is 5.44. The summed E-state index contributed by atoms with van der Waals surface area (Å²) in [6, 6.07) is 5.49. The van der Waals surface area contributed by atoms with E-state index in [1.165, 1.54) is 0 Å². The fourth-order valence-corrected chi connectivity index (χ4v) is 1.84. The number of nitrogens with zero attached hydrogens (tertiary/aromatic N) is 2. The van der Waals surface area contributed by atoms with Gasteiger partial charge in [-0.15, -0.1) is 0 Å². The van der Waals surface area contributed by atoms with Gasteiger partial charge in [0.2, 0.25) is 0 Å². The lowest BCUT2D eigenvalue weighted by Crippen LogP contribution is -2.31. The normalized spacial score (nSPS) is 11.4. The minimum atomic E-state index is -0.0838. The Morgan fingerprint density at radius 3 is 2.83 bits per heavy atom. The number of amides is 1. The highest BCUT2D eigenvalue weighted by Crippen LogP contribution is 2.20.